The number of carbonyl (C=O) groups excluding carboxylic acids is 1. The average Bonchev–Trinajstić information content (AvgIpc) is 3.44. The molecule has 2 saturated heterocycles. The minimum atomic E-state index is 0.135. The SMILES string of the molecule is CC(C)c1noc(N2CCC(COc3ccc(C4=CCC(C(=O)N5CCSCC5)CC4)cn3)CC2)n1. The Bertz CT molecular complexity index is 1040. The molecule has 0 aromatic carbocycles. The van der Waals surface area contributed by atoms with E-state index in [2.05, 4.69) is 50.9 Å². The number of hydrogen-bond donors (Lipinski definition) is 0. The molecular weight excluding hydrogens is 474 g/mol. The Morgan fingerprint density at radius 3 is 2.61 bits per heavy atom. The first kappa shape index (κ1) is 25.1. The van der Waals surface area contributed by atoms with E-state index >= 15 is 0 Å². The van der Waals surface area contributed by atoms with Gasteiger partial charge in [0.1, 0.15) is 0 Å². The molecule has 36 heavy (non-hydrogen) atoms. The van der Waals surface area contributed by atoms with Gasteiger partial charge in [-0.2, -0.15) is 16.7 Å². The Morgan fingerprint density at radius 2 is 1.97 bits per heavy atom. The maximum absolute atomic E-state index is 12.8. The number of ether oxygens (including phenoxy) is 1. The van der Waals surface area contributed by atoms with E-state index in [1.807, 2.05) is 24.0 Å². The number of rotatable bonds is 7. The van der Waals surface area contributed by atoms with Crippen molar-refractivity contribution >= 4 is 29.3 Å². The van der Waals surface area contributed by atoms with Gasteiger partial charge in [0.05, 0.1) is 6.61 Å². The van der Waals surface area contributed by atoms with E-state index in [1.54, 1.807) is 0 Å². The van der Waals surface area contributed by atoms with Gasteiger partial charge in [-0.15, -0.1) is 0 Å². The second-order valence-electron chi connectivity index (χ2n) is 10.4. The lowest BCUT2D eigenvalue weighted by atomic mass is 9.86. The average molecular weight is 512 g/mol. The van der Waals surface area contributed by atoms with Crippen LogP contribution in [-0.4, -0.2) is 70.2 Å². The first-order chi connectivity index (χ1) is 17.6. The zero-order valence-electron chi connectivity index (χ0n) is 21.4. The fraction of sp³-hybridized carbons (Fsp3) is 0.630. The summed E-state index contributed by atoms with van der Waals surface area (Å²) >= 11 is 1.94. The smallest absolute Gasteiger partial charge is 0.324 e. The third-order valence-electron chi connectivity index (χ3n) is 7.49. The van der Waals surface area contributed by atoms with Gasteiger partial charge in [0, 0.05) is 61.8 Å². The molecule has 1 unspecified atom stereocenters. The Hall–Kier alpha value is -2.55. The number of pyridine rings is 1. The normalized spacial score (nSPS) is 21.5. The first-order valence-corrected chi connectivity index (χ1v) is 14.5. The van der Waals surface area contributed by atoms with Crippen molar-refractivity contribution in [2.75, 3.05) is 49.2 Å². The zero-order chi connectivity index (χ0) is 24.9. The molecule has 1 atom stereocenters. The fourth-order valence-electron chi connectivity index (χ4n) is 5.10. The van der Waals surface area contributed by atoms with E-state index in [1.165, 1.54) is 5.57 Å². The minimum Gasteiger partial charge on any atom is -0.477 e. The van der Waals surface area contributed by atoms with Gasteiger partial charge in [-0.25, -0.2) is 4.98 Å². The van der Waals surface area contributed by atoms with Crippen LogP contribution in [0.1, 0.15) is 63.3 Å². The highest BCUT2D eigenvalue weighted by Gasteiger charge is 2.28. The van der Waals surface area contributed by atoms with E-state index < -0.39 is 0 Å². The summed E-state index contributed by atoms with van der Waals surface area (Å²) in [5.74, 6) is 4.81. The summed E-state index contributed by atoms with van der Waals surface area (Å²) in [5, 5.41) is 4.08. The van der Waals surface area contributed by atoms with Gasteiger partial charge >= 0.3 is 6.01 Å². The molecule has 3 aliphatic rings. The van der Waals surface area contributed by atoms with Crippen LogP contribution in [0.25, 0.3) is 5.57 Å². The van der Waals surface area contributed by atoms with E-state index in [9.17, 15) is 4.79 Å². The van der Waals surface area contributed by atoms with Crippen LogP contribution in [0.15, 0.2) is 28.9 Å². The Balaban J connectivity index is 1.06. The van der Waals surface area contributed by atoms with Gasteiger partial charge in [-0.1, -0.05) is 25.1 Å². The molecule has 0 N–H and O–H groups in total. The van der Waals surface area contributed by atoms with Crippen LogP contribution in [0.2, 0.25) is 0 Å². The molecule has 1 amide bonds. The predicted octanol–water partition coefficient (Wildman–Crippen LogP) is 4.64. The summed E-state index contributed by atoms with van der Waals surface area (Å²) < 4.78 is 11.5. The second kappa shape index (κ2) is 11.7. The highest BCUT2D eigenvalue weighted by Crippen LogP contribution is 2.32. The maximum atomic E-state index is 12.8. The first-order valence-electron chi connectivity index (χ1n) is 13.3. The summed E-state index contributed by atoms with van der Waals surface area (Å²) in [6.07, 6.45) is 8.89. The number of carbonyl (C=O) groups is 1. The van der Waals surface area contributed by atoms with Crippen LogP contribution >= 0.6 is 11.8 Å². The quantitative estimate of drug-likeness (QED) is 0.531. The van der Waals surface area contributed by atoms with E-state index in [0.29, 0.717) is 30.3 Å². The Morgan fingerprint density at radius 1 is 1.17 bits per heavy atom. The lowest BCUT2D eigenvalue weighted by Gasteiger charge is -2.31. The molecule has 0 spiro atoms. The summed E-state index contributed by atoms with van der Waals surface area (Å²) in [4.78, 5) is 26.1. The van der Waals surface area contributed by atoms with Crippen molar-refractivity contribution in [1.82, 2.24) is 20.0 Å². The fourth-order valence-corrected chi connectivity index (χ4v) is 6.00. The van der Waals surface area contributed by atoms with Crippen LogP contribution in [0.4, 0.5) is 6.01 Å². The Kier molecular flexibility index (Phi) is 8.14. The number of allylic oxidation sites excluding steroid dienone is 2. The molecular formula is C27H37N5O3S. The number of amides is 1. The summed E-state index contributed by atoms with van der Waals surface area (Å²) in [6.45, 7) is 8.40. The van der Waals surface area contributed by atoms with Gasteiger partial charge in [0.25, 0.3) is 0 Å². The van der Waals surface area contributed by atoms with Crippen molar-refractivity contribution in [3.63, 3.8) is 0 Å². The topological polar surface area (TPSA) is 84.6 Å². The molecule has 0 saturated carbocycles. The van der Waals surface area contributed by atoms with Gasteiger partial charge in [0.2, 0.25) is 11.8 Å². The summed E-state index contributed by atoms with van der Waals surface area (Å²) in [6, 6.07) is 4.70. The van der Waals surface area contributed by atoms with Gasteiger partial charge in [-0.05, 0) is 55.2 Å². The van der Waals surface area contributed by atoms with Crippen LogP contribution < -0.4 is 9.64 Å². The largest absolute Gasteiger partial charge is 0.477 e. The zero-order valence-corrected chi connectivity index (χ0v) is 22.2. The maximum Gasteiger partial charge on any atom is 0.324 e. The highest BCUT2D eigenvalue weighted by molar-refractivity contribution is 7.99. The third kappa shape index (κ3) is 6.05. The van der Waals surface area contributed by atoms with Crippen molar-refractivity contribution in [2.24, 2.45) is 11.8 Å². The van der Waals surface area contributed by atoms with E-state index in [-0.39, 0.29) is 11.8 Å². The molecule has 2 aromatic heterocycles. The number of hydrogen-bond acceptors (Lipinski definition) is 8. The molecule has 9 heteroatoms. The van der Waals surface area contributed by atoms with Gasteiger partial charge in [0.15, 0.2) is 5.82 Å². The van der Waals surface area contributed by atoms with Crippen molar-refractivity contribution < 1.29 is 14.1 Å². The van der Waals surface area contributed by atoms with Crippen molar-refractivity contribution in [3.05, 3.63) is 35.8 Å². The minimum absolute atomic E-state index is 0.135. The molecule has 2 aliphatic heterocycles. The van der Waals surface area contributed by atoms with Crippen LogP contribution in [0, 0.1) is 11.8 Å². The summed E-state index contributed by atoms with van der Waals surface area (Å²) in [5.41, 5.74) is 2.43. The molecule has 1 aliphatic carbocycles. The van der Waals surface area contributed by atoms with Gasteiger partial charge < -0.3 is 19.1 Å². The van der Waals surface area contributed by atoms with Crippen molar-refractivity contribution in [1.29, 1.82) is 0 Å². The van der Waals surface area contributed by atoms with Crippen LogP contribution in [0.3, 0.4) is 0 Å². The van der Waals surface area contributed by atoms with E-state index in [0.717, 1.165) is 81.2 Å². The van der Waals surface area contributed by atoms with Crippen molar-refractivity contribution in [3.8, 4) is 5.88 Å². The Labute approximate surface area is 217 Å². The number of anilines is 1. The van der Waals surface area contributed by atoms with Crippen LogP contribution in [0.5, 0.6) is 5.88 Å². The second-order valence-corrected chi connectivity index (χ2v) is 11.6. The van der Waals surface area contributed by atoms with E-state index in [4.69, 9.17) is 9.26 Å². The number of aromatic nitrogens is 3. The molecule has 194 valence electrons. The molecule has 4 heterocycles. The van der Waals surface area contributed by atoms with Gasteiger partial charge in [-0.3, -0.25) is 4.79 Å². The third-order valence-corrected chi connectivity index (χ3v) is 8.43. The molecule has 5 rings (SSSR count). The monoisotopic (exact) mass is 511 g/mol. The van der Waals surface area contributed by atoms with Crippen LogP contribution in [-0.2, 0) is 4.79 Å². The number of piperidine rings is 1. The lowest BCUT2D eigenvalue weighted by molar-refractivity contribution is -0.135. The predicted molar refractivity (Wildman–Crippen MR) is 142 cm³/mol. The molecule has 0 radical (unpaired) electrons. The number of nitrogens with zero attached hydrogens (tertiary/aromatic N) is 5. The molecule has 0 bridgehead atoms. The standard InChI is InChI=1S/C27H37N5O3S/c1-19(2)25-29-27(35-30-25)32-11-9-20(10-12-32)18-34-24-8-7-23(17-28-24)21-3-5-22(6-4-21)26(33)31-13-15-36-16-14-31/h3,7-8,17,19-20,22H,4-6,9-16,18H2,1-2H3. The van der Waals surface area contributed by atoms with Crippen molar-refractivity contribution in [2.45, 2.75) is 51.9 Å². The molecule has 2 aromatic rings. The lowest BCUT2D eigenvalue weighted by Crippen LogP contribution is -2.41. The molecule has 8 nitrogen and oxygen atoms in total. The highest BCUT2D eigenvalue weighted by atomic mass is 32.2. The number of thioether (sulfide) groups is 1. The summed E-state index contributed by atoms with van der Waals surface area (Å²) in [7, 11) is 0. The molecule has 2 fully saturated rings.